The maximum absolute atomic E-state index is 12.7. The van der Waals surface area contributed by atoms with Crippen LogP contribution in [0.5, 0.6) is 0 Å². The van der Waals surface area contributed by atoms with Gasteiger partial charge in [-0.25, -0.2) is 0 Å². The van der Waals surface area contributed by atoms with Crippen LogP contribution >= 0.6 is 23.8 Å². The molecule has 214 valence electrons. The normalized spacial score (nSPS) is 15.9. The van der Waals surface area contributed by atoms with Crippen LogP contribution in [-0.4, -0.2) is 85.4 Å². The first kappa shape index (κ1) is 29.3. The Kier molecular flexibility index (Phi) is 8.95. The number of nitrogens with one attached hydrogen (secondary N) is 2. The van der Waals surface area contributed by atoms with Crippen LogP contribution in [-0.2, 0) is 9.53 Å². The molecule has 2 aliphatic rings. The van der Waals surface area contributed by atoms with E-state index in [4.69, 9.17) is 28.6 Å². The summed E-state index contributed by atoms with van der Waals surface area (Å²) in [6.45, 7) is 2.02. The second kappa shape index (κ2) is 12.2. The number of nitrogens with zero attached hydrogens (tertiary/aromatic N) is 4. The van der Waals surface area contributed by atoms with Crippen molar-refractivity contribution in [2.24, 2.45) is 0 Å². The number of carbonyl (C=O) groups excluding carboxylic acids is 2. The van der Waals surface area contributed by atoms with Crippen molar-refractivity contribution in [3.05, 3.63) is 57.1 Å². The minimum atomic E-state index is -4.91. The summed E-state index contributed by atoms with van der Waals surface area (Å²) in [5, 5.41) is 17.2. The van der Waals surface area contributed by atoms with E-state index < -0.39 is 22.9 Å². The number of halogens is 4. The smallest absolute Gasteiger partial charge is 0.378 e. The number of nitro groups is 1. The van der Waals surface area contributed by atoms with Crippen LogP contribution in [0, 0.1) is 10.1 Å². The van der Waals surface area contributed by atoms with Gasteiger partial charge in [-0.3, -0.25) is 25.0 Å². The molecule has 0 radical (unpaired) electrons. The number of anilines is 3. The van der Waals surface area contributed by atoms with Gasteiger partial charge in [-0.15, -0.1) is 0 Å². The van der Waals surface area contributed by atoms with E-state index in [9.17, 15) is 32.9 Å². The molecular formula is C24H24ClF3N6O5S. The van der Waals surface area contributed by atoms with Crippen molar-refractivity contribution in [2.45, 2.75) is 6.18 Å². The third-order valence-electron chi connectivity index (χ3n) is 6.37. The van der Waals surface area contributed by atoms with E-state index >= 15 is 0 Å². The second-order valence-corrected chi connectivity index (χ2v) is 9.73. The summed E-state index contributed by atoms with van der Waals surface area (Å²) < 4.78 is 43.3. The molecule has 2 heterocycles. The molecule has 4 rings (SSSR count). The highest BCUT2D eigenvalue weighted by molar-refractivity contribution is 7.80. The van der Waals surface area contributed by atoms with Crippen LogP contribution in [0.4, 0.5) is 35.9 Å². The zero-order valence-electron chi connectivity index (χ0n) is 20.9. The van der Waals surface area contributed by atoms with Gasteiger partial charge in [0, 0.05) is 56.6 Å². The quantitative estimate of drug-likeness (QED) is 0.302. The molecule has 11 nitrogen and oxygen atoms in total. The Morgan fingerprint density at radius 1 is 0.975 bits per heavy atom. The highest BCUT2D eigenvalue weighted by atomic mass is 35.5. The van der Waals surface area contributed by atoms with E-state index in [2.05, 4.69) is 10.6 Å². The van der Waals surface area contributed by atoms with Crippen LogP contribution in [0.15, 0.2) is 36.4 Å². The second-order valence-electron chi connectivity index (χ2n) is 8.91. The van der Waals surface area contributed by atoms with Gasteiger partial charge in [0.15, 0.2) is 5.11 Å². The first-order chi connectivity index (χ1) is 18.9. The summed E-state index contributed by atoms with van der Waals surface area (Å²) >= 11 is 11.6. The molecule has 2 aromatic rings. The van der Waals surface area contributed by atoms with E-state index in [0.29, 0.717) is 43.4 Å². The molecule has 0 unspecified atom stereocenters. The monoisotopic (exact) mass is 600 g/mol. The molecule has 2 N–H and O–H groups in total. The third kappa shape index (κ3) is 6.89. The number of morpholine rings is 1. The molecule has 0 bridgehead atoms. The number of rotatable bonds is 5. The molecule has 2 aromatic carbocycles. The standard InChI is InChI=1S/C24H24ClF3N6O5S/c25-17-14-16(2-4-18(17)31-5-7-33(8-6-31)22(36)24(26,27)28)29-23(40)30-21(35)15-1-3-19(20(13-15)34(37)38)32-9-11-39-12-10-32/h1-4,13-14H,5-12H2,(H2,29,30,35,40). The maximum atomic E-state index is 12.7. The van der Waals surface area contributed by atoms with Crippen molar-refractivity contribution in [1.29, 1.82) is 0 Å². The number of amides is 2. The van der Waals surface area contributed by atoms with Gasteiger partial charge in [-0.2, -0.15) is 13.2 Å². The molecule has 2 aliphatic heterocycles. The Balaban J connectivity index is 1.36. The summed E-state index contributed by atoms with van der Waals surface area (Å²) in [5.41, 5.74) is 1.23. The summed E-state index contributed by atoms with van der Waals surface area (Å²) in [5.74, 6) is -2.51. The van der Waals surface area contributed by atoms with Gasteiger partial charge in [0.2, 0.25) is 0 Å². The summed E-state index contributed by atoms with van der Waals surface area (Å²) in [6.07, 6.45) is -4.91. The van der Waals surface area contributed by atoms with Crippen molar-refractivity contribution in [3.8, 4) is 0 Å². The summed E-state index contributed by atoms with van der Waals surface area (Å²) in [7, 11) is 0. The molecule has 2 saturated heterocycles. The number of alkyl halides is 3. The Hall–Kier alpha value is -3.69. The third-order valence-corrected chi connectivity index (χ3v) is 6.88. The van der Waals surface area contributed by atoms with Crippen molar-refractivity contribution in [1.82, 2.24) is 10.2 Å². The summed E-state index contributed by atoms with van der Waals surface area (Å²) in [6, 6.07) is 8.98. The van der Waals surface area contributed by atoms with Crippen molar-refractivity contribution in [3.63, 3.8) is 0 Å². The number of carbonyl (C=O) groups is 2. The fourth-order valence-electron chi connectivity index (χ4n) is 4.39. The lowest BCUT2D eigenvalue weighted by molar-refractivity contribution is -0.384. The van der Waals surface area contributed by atoms with Crippen LogP contribution in [0.3, 0.4) is 0 Å². The number of nitro benzene ring substituents is 1. The van der Waals surface area contributed by atoms with Gasteiger partial charge in [-0.05, 0) is 42.5 Å². The van der Waals surface area contributed by atoms with E-state index in [1.54, 1.807) is 17.0 Å². The van der Waals surface area contributed by atoms with Crippen LogP contribution < -0.4 is 20.4 Å². The van der Waals surface area contributed by atoms with Gasteiger partial charge < -0.3 is 24.8 Å². The average molecular weight is 601 g/mol. The number of piperazine rings is 1. The number of hydrogen-bond donors (Lipinski definition) is 2. The van der Waals surface area contributed by atoms with Crippen LogP contribution in [0.25, 0.3) is 0 Å². The first-order valence-corrected chi connectivity index (χ1v) is 12.9. The highest BCUT2D eigenvalue weighted by Gasteiger charge is 2.43. The van der Waals surface area contributed by atoms with Crippen LogP contribution in [0.2, 0.25) is 5.02 Å². The Morgan fingerprint density at radius 3 is 2.20 bits per heavy atom. The molecule has 2 amide bonds. The van der Waals surface area contributed by atoms with E-state index in [1.165, 1.54) is 24.3 Å². The lowest BCUT2D eigenvalue weighted by Crippen LogP contribution is -2.52. The number of benzene rings is 2. The molecule has 0 atom stereocenters. The number of ether oxygens (including phenoxy) is 1. The Morgan fingerprint density at radius 2 is 1.60 bits per heavy atom. The predicted molar refractivity (Wildman–Crippen MR) is 146 cm³/mol. The topological polar surface area (TPSA) is 120 Å². The predicted octanol–water partition coefficient (Wildman–Crippen LogP) is 3.42. The largest absolute Gasteiger partial charge is 0.471 e. The van der Waals surface area contributed by atoms with E-state index in [1.807, 2.05) is 4.90 Å². The molecule has 2 fully saturated rings. The highest BCUT2D eigenvalue weighted by Crippen LogP contribution is 2.31. The first-order valence-electron chi connectivity index (χ1n) is 12.1. The molecule has 0 spiro atoms. The van der Waals surface area contributed by atoms with Crippen molar-refractivity contribution in [2.75, 3.05) is 67.6 Å². The van der Waals surface area contributed by atoms with E-state index in [-0.39, 0.29) is 47.6 Å². The lowest BCUT2D eigenvalue weighted by atomic mass is 10.1. The molecule has 16 heteroatoms. The van der Waals surface area contributed by atoms with E-state index in [0.717, 1.165) is 4.90 Å². The minimum Gasteiger partial charge on any atom is -0.378 e. The van der Waals surface area contributed by atoms with Gasteiger partial charge in [0.1, 0.15) is 5.69 Å². The molecule has 0 aliphatic carbocycles. The molecule has 40 heavy (non-hydrogen) atoms. The fourth-order valence-corrected chi connectivity index (χ4v) is 4.90. The lowest BCUT2D eigenvalue weighted by Gasteiger charge is -2.36. The number of thiocarbonyl (C=S) groups is 1. The van der Waals surface area contributed by atoms with Crippen LogP contribution in [0.1, 0.15) is 10.4 Å². The zero-order chi connectivity index (χ0) is 29.0. The average Bonchev–Trinajstić information content (AvgIpc) is 2.92. The maximum Gasteiger partial charge on any atom is 0.471 e. The number of hydrogen-bond acceptors (Lipinski definition) is 8. The molecule has 0 aromatic heterocycles. The van der Waals surface area contributed by atoms with Gasteiger partial charge in [0.05, 0.1) is 28.8 Å². The van der Waals surface area contributed by atoms with Gasteiger partial charge in [-0.1, -0.05) is 11.6 Å². The fraction of sp³-hybridized carbons (Fsp3) is 0.375. The Labute approximate surface area is 236 Å². The molecular weight excluding hydrogens is 577 g/mol. The van der Waals surface area contributed by atoms with Gasteiger partial charge in [0.25, 0.3) is 11.6 Å². The van der Waals surface area contributed by atoms with Crippen molar-refractivity contribution < 1.29 is 32.4 Å². The Bertz CT molecular complexity index is 1320. The van der Waals surface area contributed by atoms with Gasteiger partial charge >= 0.3 is 12.1 Å². The SMILES string of the molecule is O=C(NC(=S)Nc1ccc(N2CCN(C(=O)C(F)(F)F)CC2)c(Cl)c1)c1ccc(N2CCOCC2)c([N+](=O)[O-])c1. The minimum absolute atomic E-state index is 0.0457. The zero-order valence-corrected chi connectivity index (χ0v) is 22.4. The van der Waals surface area contributed by atoms with Crippen molar-refractivity contribution >= 4 is 63.5 Å². The molecule has 0 saturated carbocycles. The summed E-state index contributed by atoms with van der Waals surface area (Å²) in [4.78, 5) is 39.6.